The lowest BCUT2D eigenvalue weighted by atomic mass is 10.2. The van der Waals surface area contributed by atoms with Gasteiger partial charge in [-0.1, -0.05) is 0 Å². The fraction of sp³-hybridized carbons (Fsp3) is 0.400. The number of aromatic nitrogens is 3. The highest BCUT2D eigenvalue weighted by molar-refractivity contribution is 5.48. The molecule has 0 amide bonds. The zero-order valence-electron chi connectivity index (χ0n) is 9.28. The molecule has 0 spiro atoms. The zero-order valence-corrected chi connectivity index (χ0v) is 9.28. The van der Waals surface area contributed by atoms with Crippen molar-refractivity contribution in [2.75, 3.05) is 7.05 Å². The summed E-state index contributed by atoms with van der Waals surface area (Å²) in [6, 6.07) is -0.0169. The zero-order chi connectivity index (χ0) is 12.6. The number of rotatable bonds is 2. The van der Waals surface area contributed by atoms with Crippen molar-refractivity contribution in [2.24, 2.45) is 0 Å². The van der Waals surface area contributed by atoms with E-state index in [0.717, 1.165) is 22.5 Å². The molecule has 0 radical (unpaired) electrons. The molecule has 17 heavy (non-hydrogen) atoms. The third-order valence-corrected chi connectivity index (χ3v) is 2.61. The van der Waals surface area contributed by atoms with Crippen LogP contribution in [-0.2, 0) is 6.18 Å². The third kappa shape index (κ3) is 2.10. The summed E-state index contributed by atoms with van der Waals surface area (Å²) in [7, 11) is 1.76. The maximum Gasteiger partial charge on any atom is 0.419 e. The van der Waals surface area contributed by atoms with E-state index < -0.39 is 11.7 Å². The van der Waals surface area contributed by atoms with Gasteiger partial charge in [0.25, 0.3) is 0 Å². The molecule has 0 aliphatic carbocycles. The van der Waals surface area contributed by atoms with Crippen molar-refractivity contribution in [2.45, 2.75) is 19.1 Å². The normalized spacial score (nSPS) is 14.2. The Kier molecular flexibility index (Phi) is 2.78. The standard InChI is InChI=1S/C10H11F3N4/c1-6(14-2)8-4-16-17-5-7(10(11,12)13)3-15-9(8)17/h3-6,14H,1-2H3. The third-order valence-electron chi connectivity index (χ3n) is 2.61. The Hall–Kier alpha value is -1.63. The lowest BCUT2D eigenvalue weighted by molar-refractivity contribution is -0.138. The van der Waals surface area contributed by atoms with Crippen LogP contribution in [0.1, 0.15) is 24.1 Å². The lowest BCUT2D eigenvalue weighted by Gasteiger charge is -2.08. The van der Waals surface area contributed by atoms with E-state index in [9.17, 15) is 13.2 Å². The lowest BCUT2D eigenvalue weighted by Crippen LogP contribution is -2.13. The van der Waals surface area contributed by atoms with E-state index in [1.54, 1.807) is 7.05 Å². The maximum atomic E-state index is 12.5. The van der Waals surface area contributed by atoms with Gasteiger partial charge in [-0.05, 0) is 14.0 Å². The van der Waals surface area contributed by atoms with Gasteiger partial charge in [0.1, 0.15) is 0 Å². The molecule has 0 saturated heterocycles. The Bertz CT molecular complexity index is 532. The molecule has 0 aromatic carbocycles. The molecule has 2 heterocycles. The van der Waals surface area contributed by atoms with Crippen molar-refractivity contribution in [1.29, 1.82) is 0 Å². The molecule has 0 saturated carbocycles. The summed E-state index contributed by atoms with van der Waals surface area (Å²) in [6.45, 7) is 1.89. The second-order valence-electron chi connectivity index (χ2n) is 3.72. The van der Waals surface area contributed by atoms with Gasteiger partial charge in [0.15, 0.2) is 5.65 Å². The summed E-state index contributed by atoms with van der Waals surface area (Å²) in [5.74, 6) is 0. The van der Waals surface area contributed by atoms with Gasteiger partial charge >= 0.3 is 6.18 Å². The molecule has 1 unspecified atom stereocenters. The Morgan fingerprint density at radius 2 is 2.06 bits per heavy atom. The minimum Gasteiger partial charge on any atom is -0.313 e. The minimum absolute atomic E-state index is 0.0169. The largest absolute Gasteiger partial charge is 0.419 e. The van der Waals surface area contributed by atoms with Crippen molar-refractivity contribution in [3.63, 3.8) is 0 Å². The SMILES string of the molecule is CNC(C)c1cnn2cc(C(F)(F)F)cnc12. The van der Waals surface area contributed by atoms with Crippen molar-refractivity contribution in [3.8, 4) is 0 Å². The predicted octanol–water partition coefficient (Wildman–Crippen LogP) is 2.03. The smallest absolute Gasteiger partial charge is 0.313 e. The first-order chi connectivity index (χ1) is 7.93. The van der Waals surface area contributed by atoms with Crippen molar-refractivity contribution in [1.82, 2.24) is 19.9 Å². The van der Waals surface area contributed by atoms with E-state index in [1.807, 2.05) is 6.92 Å². The first kappa shape index (κ1) is 11.8. The molecule has 0 fully saturated rings. The Balaban J connectivity index is 2.52. The van der Waals surface area contributed by atoms with Gasteiger partial charge in [-0.25, -0.2) is 9.50 Å². The minimum atomic E-state index is -4.40. The first-order valence-corrected chi connectivity index (χ1v) is 5.01. The van der Waals surface area contributed by atoms with Gasteiger partial charge < -0.3 is 5.32 Å². The van der Waals surface area contributed by atoms with Crippen molar-refractivity contribution >= 4 is 5.65 Å². The molecular formula is C10H11F3N4. The Morgan fingerprint density at radius 1 is 1.35 bits per heavy atom. The van der Waals surface area contributed by atoms with Crippen LogP contribution < -0.4 is 5.32 Å². The van der Waals surface area contributed by atoms with E-state index in [4.69, 9.17) is 0 Å². The molecule has 0 bridgehead atoms. The number of nitrogens with one attached hydrogen (secondary N) is 1. The molecule has 7 heteroatoms. The number of halogens is 3. The maximum absolute atomic E-state index is 12.5. The summed E-state index contributed by atoms with van der Waals surface area (Å²) >= 11 is 0. The molecule has 2 aromatic rings. The highest BCUT2D eigenvalue weighted by Crippen LogP contribution is 2.29. The van der Waals surface area contributed by atoms with E-state index >= 15 is 0 Å². The van der Waals surface area contributed by atoms with Crippen LogP contribution in [0.3, 0.4) is 0 Å². The summed E-state index contributed by atoms with van der Waals surface area (Å²) in [6.07, 6.45) is -1.12. The number of hydrogen-bond donors (Lipinski definition) is 1. The number of fused-ring (bicyclic) bond motifs is 1. The fourth-order valence-corrected chi connectivity index (χ4v) is 1.50. The van der Waals surface area contributed by atoms with Crippen LogP contribution in [0.2, 0.25) is 0 Å². The summed E-state index contributed by atoms with van der Waals surface area (Å²) < 4.78 is 38.5. The van der Waals surface area contributed by atoms with Crippen LogP contribution in [0.5, 0.6) is 0 Å². The Labute approximate surface area is 95.5 Å². The van der Waals surface area contributed by atoms with Crippen molar-refractivity contribution < 1.29 is 13.2 Å². The van der Waals surface area contributed by atoms with Gasteiger partial charge in [0.05, 0.1) is 11.8 Å². The van der Waals surface area contributed by atoms with Gasteiger partial charge in [-0.3, -0.25) is 0 Å². The van der Waals surface area contributed by atoms with Gasteiger partial charge in [0, 0.05) is 24.0 Å². The second-order valence-corrected chi connectivity index (χ2v) is 3.72. The van der Waals surface area contributed by atoms with E-state index in [-0.39, 0.29) is 6.04 Å². The summed E-state index contributed by atoms with van der Waals surface area (Å²) in [5.41, 5.74) is 0.387. The van der Waals surface area contributed by atoms with Crippen LogP contribution >= 0.6 is 0 Å². The fourth-order valence-electron chi connectivity index (χ4n) is 1.50. The second kappa shape index (κ2) is 3.99. The van der Waals surface area contributed by atoms with Crippen LogP contribution in [-0.4, -0.2) is 21.6 Å². The number of nitrogens with zero attached hydrogens (tertiary/aromatic N) is 3. The van der Waals surface area contributed by atoms with Crippen molar-refractivity contribution in [3.05, 3.63) is 29.7 Å². The topological polar surface area (TPSA) is 42.2 Å². The average Bonchev–Trinajstić information content (AvgIpc) is 2.69. The van der Waals surface area contributed by atoms with Crippen LogP contribution in [0.4, 0.5) is 13.2 Å². The van der Waals surface area contributed by atoms with Crippen LogP contribution in [0, 0.1) is 0 Å². The summed E-state index contributed by atoms with van der Waals surface area (Å²) in [5, 5.41) is 6.86. The highest BCUT2D eigenvalue weighted by atomic mass is 19.4. The molecule has 2 rings (SSSR count). The van der Waals surface area contributed by atoms with E-state index in [1.165, 1.54) is 6.20 Å². The molecule has 0 aliphatic rings. The van der Waals surface area contributed by atoms with Crippen LogP contribution in [0.25, 0.3) is 5.65 Å². The van der Waals surface area contributed by atoms with E-state index in [0.29, 0.717) is 5.65 Å². The number of alkyl halides is 3. The molecule has 0 aliphatic heterocycles. The number of hydrogen-bond acceptors (Lipinski definition) is 3. The molecule has 1 atom stereocenters. The first-order valence-electron chi connectivity index (χ1n) is 5.01. The Morgan fingerprint density at radius 3 is 2.65 bits per heavy atom. The van der Waals surface area contributed by atoms with Crippen LogP contribution in [0.15, 0.2) is 18.6 Å². The van der Waals surface area contributed by atoms with Gasteiger partial charge in [-0.2, -0.15) is 18.3 Å². The molecule has 1 N–H and O–H groups in total. The summed E-state index contributed by atoms with van der Waals surface area (Å²) in [4.78, 5) is 3.82. The van der Waals surface area contributed by atoms with Gasteiger partial charge in [0.2, 0.25) is 0 Å². The molecular weight excluding hydrogens is 233 g/mol. The average molecular weight is 244 g/mol. The highest BCUT2D eigenvalue weighted by Gasteiger charge is 2.31. The molecule has 2 aromatic heterocycles. The molecule has 4 nitrogen and oxygen atoms in total. The quantitative estimate of drug-likeness (QED) is 0.878. The monoisotopic (exact) mass is 244 g/mol. The van der Waals surface area contributed by atoms with E-state index in [2.05, 4.69) is 15.4 Å². The predicted molar refractivity (Wildman–Crippen MR) is 55.5 cm³/mol. The molecule has 92 valence electrons. The van der Waals surface area contributed by atoms with Gasteiger partial charge in [-0.15, -0.1) is 0 Å².